The highest BCUT2D eigenvalue weighted by atomic mass is 32.2. The summed E-state index contributed by atoms with van der Waals surface area (Å²) in [6.07, 6.45) is 4.11. The van der Waals surface area contributed by atoms with Crippen LogP contribution in [0, 0.1) is 20.8 Å². The fourth-order valence-electron chi connectivity index (χ4n) is 2.34. The van der Waals surface area contributed by atoms with Crippen LogP contribution >= 0.6 is 0 Å². The Kier molecular flexibility index (Phi) is 4.98. The lowest BCUT2D eigenvalue weighted by molar-refractivity contribution is 0.472. The molecule has 0 saturated carbocycles. The van der Waals surface area contributed by atoms with Gasteiger partial charge in [0.25, 0.3) is 0 Å². The van der Waals surface area contributed by atoms with Gasteiger partial charge in [0.2, 0.25) is 10.0 Å². The maximum Gasteiger partial charge on any atom is 0.243 e. The number of hydrogen-bond acceptors (Lipinski definition) is 3. The van der Waals surface area contributed by atoms with Gasteiger partial charge in [-0.3, -0.25) is 4.98 Å². The first-order valence-corrected chi connectivity index (χ1v) is 8.69. The molecule has 22 heavy (non-hydrogen) atoms. The number of likely N-dealkylation sites (N-methyl/N-ethyl adjacent to an activating group) is 1. The fraction of sp³-hybridized carbons (Fsp3) is 0.353. The normalized spacial score (nSPS) is 11.9. The van der Waals surface area contributed by atoms with Gasteiger partial charge in [-0.15, -0.1) is 0 Å². The number of pyridine rings is 1. The van der Waals surface area contributed by atoms with Gasteiger partial charge in [-0.25, -0.2) is 12.7 Å². The van der Waals surface area contributed by atoms with Crippen molar-refractivity contribution in [3.8, 4) is 0 Å². The van der Waals surface area contributed by atoms with Crippen molar-refractivity contribution in [1.29, 1.82) is 0 Å². The van der Waals surface area contributed by atoms with E-state index >= 15 is 0 Å². The quantitative estimate of drug-likeness (QED) is 0.852. The Morgan fingerprint density at radius 2 is 1.59 bits per heavy atom. The predicted octanol–water partition coefficient (Wildman–Crippen LogP) is 2.87. The molecule has 118 valence electrons. The Morgan fingerprint density at radius 1 is 1.00 bits per heavy atom. The van der Waals surface area contributed by atoms with Crippen LogP contribution in [-0.2, 0) is 16.4 Å². The van der Waals surface area contributed by atoms with E-state index in [-0.39, 0.29) is 0 Å². The zero-order chi connectivity index (χ0) is 16.3. The Balaban J connectivity index is 2.21. The first kappa shape index (κ1) is 16.6. The van der Waals surface area contributed by atoms with Gasteiger partial charge < -0.3 is 0 Å². The molecule has 0 N–H and O–H groups in total. The second-order valence-corrected chi connectivity index (χ2v) is 7.65. The van der Waals surface area contributed by atoms with Gasteiger partial charge in [-0.1, -0.05) is 6.07 Å². The van der Waals surface area contributed by atoms with E-state index in [9.17, 15) is 8.42 Å². The van der Waals surface area contributed by atoms with E-state index in [0.29, 0.717) is 17.9 Å². The average Bonchev–Trinajstić information content (AvgIpc) is 2.49. The summed E-state index contributed by atoms with van der Waals surface area (Å²) in [6, 6.07) is 7.51. The molecule has 0 spiro atoms. The third-order valence-corrected chi connectivity index (χ3v) is 5.94. The van der Waals surface area contributed by atoms with Crippen molar-refractivity contribution in [2.75, 3.05) is 13.6 Å². The largest absolute Gasteiger partial charge is 0.265 e. The molecule has 0 atom stereocenters. The predicted molar refractivity (Wildman–Crippen MR) is 88.4 cm³/mol. The summed E-state index contributed by atoms with van der Waals surface area (Å²) < 4.78 is 26.9. The minimum Gasteiger partial charge on any atom is -0.265 e. The minimum absolute atomic E-state index is 0.396. The molecule has 5 heteroatoms. The van der Waals surface area contributed by atoms with E-state index in [2.05, 4.69) is 4.98 Å². The maximum absolute atomic E-state index is 12.8. The molecule has 2 rings (SSSR count). The number of aromatic nitrogens is 1. The van der Waals surface area contributed by atoms with Crippen molar-refractivity contribution in [3.05, 3.63) is 58.9 Å². The van der Waals surface area contributed by atoms with Crippen LogP contribution in [0.5, 0.6) is 0 Å². The van der Waals surface area contributed by atoms with Crippen LogP contribution < -0.4 is 0 Å². The van der Waals surface area contributed by atoms with Crippen LogP contribution in [0.2, 0.25) is 0 Å². The van der Waals surface area contributed by atoms with Crippen LogP contribution in [0.3, 0.4) is 0 Å². The van der Waals surface area contributed by atoms with Gasteiger partial charge in [-0.05, 0) is 67.6 Å². The molecule has 0 saturated heterocycles. The van der Waals surface area contributed by atoms with Crippen LogP contribution in [-0.4, -0.2) is 31.3 Å². The van der Waals surface area contributed by atoms with E-state index in [1.165, 1.54) is 4.31 Å². The number of aryl methyl sites for hydroxylation is 3. The average molecular weight is 318 g/mol. The number of hydrogen-bond donors (Lipinski definition) is 0. The molecule has 0 aliphatic rings. The number of sulfonamides is 1. The molecule has 1 aromatic heterocycles. The fourth-order valence-corrected chi connectivity index (χ4v) is 3.79. The van der Waals surface area contributed by atoms with E-state index in [0.717, 1.165) is 22.3 Å². The summed E-state index contributed by atoms with van der Waals surface area (Å²) in [5, 5.41) is 0. The molecule has 0 unspecified atom stereocenters. The van der Waals surface area contributed by atoms with Crippen molar-refractivity contribution >= 4 is 10.0 Å². The molecular formula is C17H22N2O2S. The molecule has 0 bridgehead atoms. The third-order valence-electron chi connectivity index (χ3n) is 3.94. The van der Waals surface area contributed by atoms with E-state index < -0.39 is 10.0 Å². The highest BCUT2D eigenvalue weighted by Crippen LogP contribution is 2.23. The summed E-state index contributed by atoms with van der Waals surface area (Å²) in [5.74, 6) is 0. The summed E-state index contributed by atoms with van der Waals surface area (Å²) in [5.41, 5.74) is 3.97. The molecule has 1 heterocycles. The van der Waals surface area contributed by atoms with Crippen molar-refractivity contribution in [3.63, 3.8) is 0 Å². The molecule has 4 nitrogen and oxygen atoms in total. The Bertz CT molecular complexity index is 756. The molecule has 0 fully saturated rings. The topological polar surface area (TPSA) is 50.3 Å². The SMILES string of the molecule is Cc1cc(C)c(S(=O)(=O)N(C)CCc2ccncc2)cc1C. The van der Waals surface area contributed by atoms with Gasteiger partial charge in [0.05, 0.1) is 4.90 Å². The van der Waals surface area contributed by atoms with Gasteiger partial charge in [-0.2, -0.15) is 0 Å². The van der Waals surface area contributed by atoms with Crippen molar-refractivity contribution in [1.82, 2.24) is 9.29 Å². The third kappa shape index (κ3) is 3.54. The van der Waals surface area contributed by atoms with Crippen LogP contribution in [0.1, 0.15) is 22.3 Å². The molecule has 0 aliphatic heterocycles. The Morgan fingerprint density at radius 3 is 2.23 bits per heavy atom. The van der Waals surface area contributed by atoms with Crippen molar-refractivity contribution in [2.24, 2.45) is 0 Å². The minimum atomic E-state index is -3.46. The van der Waals surface area contributed by atoms with Gasteiger partial charge in [0.15, 0.2) is 0 Å². The highest BCUT2D eigenvalue weighted by Gasteiger charge is 2.23. The standard InChI is InChI=1S/C17H22N2O2S/c1-13-11-15(3)17(12-14(13)2)22(20,21)19(4)10-7-16-5-8-18-9-6-16/h5-6,8-9,11-12H,7,10H2,1-4H3. The van der Waals surface area contributed by atoms with Gasteiger partial charge >= 0.3 is 0 Å². The highest BCUT2D eigenvalue weighted by molar-refractivity contribution is 7.89. The summed E-state index contributed by atoms with van der Waals surface area (Å²) in [6.45, 7) is 6.21. The second kappa shape index (κ2) is 6.58. The molecule has 0 amide bonds. The van der Waals surface area contributed by atoms with E-state index in [4.69, 9.17) is 0 Å². The van der Waals surface area contributed by atoms with Crippen molar-refractivity contribution in [2.45, 2.75) is 32.1 Å². The number of benzene rings is 1. The smallest absolute Gasteiger partial charge is 0.243 e. The van der Waals surface area contributed by atoms with Crippen molar-refractivity contribution < 1.29 is 8.42 Å². The summed E-state index contributed by atoms with van der Waals surface area (Å²) >= 11 is 0. The lowest BCUT2D eigenvalue weighted by Gasteiger charge is -2.19. The second-order valence-electron chi connectivity index (χ2n) is 5.63. The summed E-state index contributed by atoms with van der Waals surface area (Å²) in [7, 11) is -1.83. The molecule has 1 aromatic carbocycles. The number of rotatable bonds is 5. The van der Waals surface area contributed by atoms with Crippen LogP contribution in [0.4, 0.5) is 0 Å². The van der Waals surface area contributed by atoms with Crippen LogP contribution in [0.15, 0.2) is 41.6 Å². The molecule has 2 aromatic rings. The number of nitrogens with zero attached hydrogens (tertiary/aromatic N) is 2. The van der Waals surface area contributed by atoms with E-state index in [1.807, 2.05) is 39.0 Å². The van der Waals surface area contributed by atoms with E-state index in [1.54, 1.807) is 25.5 Å². The molecular weight excluding hydrogens is 296 g/mol. The lowest BCUT2D eigenvalue weighted by atomic mass is 10.1. The molecule has 0 radical (unpaired) electrons. The zero-order valence-corrected chi connectivity index (χ0v) is 14.3. The zero-order valence-electron chi connectivity index (χ0n) is 13.5. The Labute approximate surface area is 132 Å². The first-order valence-electron chi connectivity index (χ1n) is 7.25. The molecule has 0 aliphatic carbocycles. The van der Waals surface area contributed by atoms with Gasteiger partial charge in [0.1, 0.15) is 0 Å². The Hall–Kier alpha value is -1.72. The van der Waals surface area contributed by atoms with Crippen LogP contribution in [0.25, 0.3) is 0 Å². The van der Waals surface area contributed by atoms with Gasteiger partial charge in [0, 0.05) is 26.0 Å². The lowest BCUT2D eigenvalue weighted by Crippen LogP contribution is -2.29. The maximum atomic E-state index is 12.8. The summed E-state index contributed by atoms with van der Waals surface area (Å²) in [4.78, 5) is 4.36. The monoisotopic (exact) mass is 318 g/mol. The first-order chi connectivity index (χ1) is 10.3.